The Labute approximate surface area is 206 Å². The summed E-state index contributed by atoms with van der Waals surface area (Å²) in [7, 11) is 1.69. The molecule has 0 radical (unpaired) electrons. The van der Waals surface area contributed by atoms with Gasteiger partial charge in [-0.15, -0.1) is 24.0 Å². The maximum atomic E-state index is 13.0. The molecule has 0 atom stereocenters. The lowest BCUT2D eigenvalue weighted by atomic mass is 9.93. The fraction of sp³-hybridized carbons (Fsp3) is 0.417. The molecule has 0 aromatic heterocycles. The maximum Gasteiger partial charge on any atom is 0.220 e. The van der Waals surface area contributed by atoms with Crippen LogP contribution in [0.2, 0.25) is 0 Å². The van der Waals surface area contributed by atoms with E-state index in [2.05, 4.69) is 22.5 Å². The zero-order valence-electron chi connectivity index (χ0n) is 18.6. The lowest BCUT2D eigenvalue weighted by molar-refractivity contribution is -0.121. The Morgan fingerprint density at radius 1 is 1.09 bits per heavy atom. The second-order valence-electron chi connectivity index (χ2n) is 7.68. The number of guanidine groups is 1. The zero-order chi connectivity index (χ0) is 22.1. The highest BCUT2D eigenvalue weighted by molar-refractivity contribution is 14.0. The number of nitrogens with zero attached hydrogens (tertiary/aromatic N) is 2. The molecule has 1 fully saturated rings. The predicted molar refractivity (Wildman–Crippen MR) is 136 cm³/mol. The van der Waals surface area contributed by atoms with Gasteiger partial charge in [-0.25, -0.2) is 9.38 Å². The molecule has 1 saturated heterocycles. The molecule has 2 aromatic rings. The molecule has 1 amide bonds. The smallest absolute Gasteiger partial charge is 0.220 e. The average Bonchev–Trinajstić information content (AvgIpc) is 2.79. The van der Waals surface area contributed by atoms with Crippen molar-refractivity contribution < 1.29 is 13.9 Å². The lowest BCUT2D eigenvalue weighted by Gasteiger charge is -2.34. The van der Waals surface area contributed by atoms with Crippen LogP contribution in [0.3, 0.4) is 0 Å². The molecule has 0 unspecified atom stereocenters. The van der Waals surface area contributed by atoms with Gasteiger partial charge in [-0.1, -0.05) is 12.1 Å². The van der Waals surface area contributed by atoms with Crippen LogP contribution < -0.4 is 15.4 Å². The second kappa shape index (κ2) is 13.2. The van der Waals surface area contributed by atoms with Gasteiger partial charge in [0.1, 0.15) is 17.3 Å². The summed E-state index contributed by atoms with van der Waals surface area (Å²) in [6.07, 6.45) is 2.59. The molecular formula is C24H32FIN4O2. The van der Waals surface area contributed by atoms with Crippen molar-refractivity contribution in [1.29, 1.82) is 0 Å². The highest BCUT2D eigenvalue weighted by Gasteiger charge is 2.23. The van der Waals surface area contributed by atoms with Crippen molar-refractivity contribution in [1.82, 2.24) is 15.5 Å². The molecule has 32 heavy (non-hydrogen) atoms. The highest BCUT2D eigenvalue weighted by atomic mass is 127. The normalized spacial score (nSPS) is 14.5. The van der Waals surface area contributed by atoms with Crippen molar-refractivity contribution in [2.24, 2.45) is 10.9 Å². The summed E-state index contributed by atoms with van der Waals surface area (Å²) in [4.78, 5) is 18.7. The molecule has 3 rings (SSSR count). The maximum absolute atomic E-state index is 13.0. The molecule has 174 valence electrons. The fourth-order valence-electron chi connectivity index (χ4n) is 3.61. The minimum absolute atomic E-state index is 0. The third-order valence-corrected chi connectivity index (χ3v) is 5.39. The van der Waals surface area contributed by atoms with Crippen LogP contribution in [0.15, 0.2) is 53.5 Å². The van der Waals surface area contributed by atoms with Crippen molar-refractivity contribution in [3.05, 3.63) is 59.9 Å². The number of ether oxygens (including phenoxy) is 1. The Bertz CT molecular complexity index is 867. The van der Waals surface area contributed by atoms with Crippen molar-refractivity contribution in [2.75, 3.05) is 26.7 Å². The average molecular weight is 554 g/mol. The fourth-order valence-corrected chi connectivity index (χ4v) is 3.61. The van der Waals surface area contributed by atoms with Crippen LogP contribution in [0.1, 0.15) is 31.7 Å². The summed E-state index contributed by atoms with van der Waals surface area (Å²) in [6, 6.07) is 13.7. The number of halogens is 2. The van der Waals surface area contributed by atoms with Gasteiger partial charge in [0.05, 0.1) is 6.54 Å². The van der Waals surface area contributed by atoms with E-state index in [9.17, 15) is 9.18 Å². The highest BCUT2D eigenvalue weighted by Crippen LogP contribution is 2.23. The Balaban J connectivity index is 0.00000363. The van der Waals surface area contributed by atoms with Crippen LogP contribution in [0.25, 0.3) is 0 Å². The summed E-state index contributed by atoms with van der Waals surface area (Å²) in [6.45, 7) is 5.24. The second-order valence-corrected chi connectivity index (χ2v) is 7.68. The summed E-state index contributed by atoms with van der Waals surface area (Å²) in [5.74, 6) is 2.48. The predicted octanol–water partition coefficient (Wildman–Crippen LogP) is 4.55. The van der Waals surface area contributed by atoms with E-state index in [1.165, 1.54) is 12.1 Å². The molecule has 1 heterocycles. The number of carbonyl (C=O) groups is 1. The number of amides is 1. The van der Waals surface area contributed by atoms with Gasteiger partial charge < -0.3 is 20.3 Å². The third kappa shape index (κ3) is 7.96. The molecule has 2 N–H and O–H groups in total. The first-order valence-corrected chi connectivity index (χ1v) is 10.8. The quantitative estimate of drug-likeness (QED) is 0.300. The molecule has 0 bridgehead atoms. The number of aliphatic imine (C=N–C) groups is 1. The van der Waals surface area contributed by atoms with Gasteiger partial charge in [0.15, 0.2) is 5.96 Å². The molecule has 0 spiro atoms. The van der Waals surface area contributed by atoms with Crippen LogP contribution in [0.5, 0.6) is 11.5 Å². The largest absolute Gasteiger partial charge is 0.457 e. The molecule has 2 aromatic carbocycles. The first kappa shape index (κ1) is 25.9. The van der Waals surface area contributed by atoms with Crippen LogP contribution in [0.4, 0.5) is 4.39 Å². The van der Waals surface area contributed by atoms with E-state index >= 15 is 0 Å². The van der Waals surface area contributed by atoms with Crippen LogP contribution in [-0.4, -0.2) is 43.4 Å². The third-order valence-electron chi connectivity index (χ3n) is 5.39. The molecule has 8 heteroatoms. The molecule has 1 aliphatic rings. The number of hydrogen-bond donors (Lipinski definition) is 2. The lowest BCUT2D eigenvalue weighted by Crippen LogP contribution is -2.46. The van der Waals surface area contributed by atoms with Crippen LogP contribution in [-0.2, 0) is 11.3 Å². The minimum Gasteiger partial charge on any atom is -0.457 e. The van der Waals surface area contributed by atoms with Crippen molar-refractivity contribution in [2.45, 2.75) is 32.7 Å². The number of carbonyl (C=O) groups excluding carboxylic acids is 1. The summed E-state index contributed by atoms with van der Waals surface area (Å²) in [5.41, 5.74) is 1.08. The van der Waals surface area contributed by atoms with Gasteiger partial charge in [0, 0.05) is 33.1 Å². The van der Waals surface area contributed by atoms with E-state index in [-0.39, 0.29) is 35.7 Å². The molecule has 0 saturated carbocycles. The number of likely N-dealkylation sites (tertiary alicyclic amines) is 1. The number of nitrogens with one attached hydrogen (secondary N) is 2. The van der Waals surface area contributed by atoms with Gasteiger partial charge in [-0.3, -0.25) is 4.79 Å². The van der Waals surface area contributed by atoms with Gasteiger partial charge in [-0.05, 0) is 67.6 Å². The Hall–Kier alpha value is -2.36. The Morgan fingerprint density at radius 2 is 1.69 bits per heavy atom. The monoisotopic (exact) mass is 554 g/mol. The van der Waals surface area contributed by atoms with Crippen molar-refractivity contribution in [3.63, 3.8) is 0 Å². The SMILES string of the molecule is CCNC(=NCc1ccc(Oc2ccc(F)cc2)cc1)N1CCC(CC(=O)NC)CC1.I. The van der Waals surface area contributed by atoms with E-state index in [0.717, 1.165) is 44.0 Å². The van der Waals surface area contributed by atoms with E-state index in [0.29, 0.717) is 30.4 Å². The molecular weight excluding hydrogens is 522 g/mol. The minimum atomic E-state index is -0.285. The Kier molecular flexibility index (Phi) is 10.7. The summed E-state index contributed by atoms with van der Waals surface area (Å²) < 4.78 is 18.8. The first-order chi connectivity index (χ1) is 15.1. The number of piperidine rings is 1. The van der Waals surface area contributed by atoms with Crippen molar-refractivity contribution >= 4 is 35.8 Å². The first-order valence-electron chi connectivity index (χ1n) is 10.8. The number of rotatable bonds is 7. The van der Waals surface area contributed by atoms with Crippen molar-refractivity contribution in [3.8, 4) is 11.5 Å². The van der Waals surface area contributed by atoms with Crippen LogP contribution in [0, 0.1) is 11.7 Å². The van der Waals surface area contributed by atoms with Crippen LogP contribution >= 0.6 is 24.0 Å². The summed E-state index contributed by atoms with van der Waals surface area (Å²) in [5, 5.41) is 6.09. The molecule has 6 nitrogen and oxygen atoms in total. The van der Waals surface area contributed by atoms with E-state index in [1.807, 2.05) is 24.3 Å². The number of hydrogen-bond acceptors (Lipinski definition) is 3. The van der Waals surface area contributed by atoms with Gasteiger partial charge in [-0.2, -0.15) is 0 Å². The molecule has 0 aliphatic carbocycles. The zero-order valence-corrected chi connectivity index (χ0v) is 21.0. The number of benzene rings is 2. The van der Waals surface area contributed by atoms with Gasteiger partial charge in [0.2, 0.25) is 5.91 Å². The Morgan fingerprint density at radius 3 is 2.25 bits per heavy atom. The topological polar surface area (TPSA) is 66.0 Å². The summed E-state index contributed by atoms with van der Waals surface area (Å²) >= 11 is 0. The van der Waals surface area contributed by atoms with Gasteiger partial charge in [0.25, 0.3) is 0 Å². The standard InChI is InChI=1S/C24H31FN4O2.HI/c1-3-27-24(29-14-12-18(13-15-29)16-23(30)26-2)28-17-19-4-8-21(9-5-19)31-22-10-6-20(25)7-11-22;/h4-11,18H,3,12-17H2,1-2H3,(H,26,30)(H,27,28);1H. The molecule has 1 aliphatic heterocycles. The van der Waals surface area contributed by atoms with E-state index < -0.39 is 0 Å². The van der Waals surface area contributed by atoms with Gasteiger partial charge >= 0.3 is 0 Å². The van der Waals surface area contributed by atoms with E-state index in [4.69, 9.17) is 9.73 Å². The van der Waals surface area contributed by atoms with E-state index in [1.54, 1.807) is 19.2 Å².